The zero-order valence-corrected chi connectivity index (χ0v) is 16.5. The number of fused-ring (bicyclic) bond motifs is 2. The highest BCUT2D eigenvalue weighted by atomic mass is 35.5. The molecule has 3 aliphatic rings. The molecule has 0 aromatic heterocycles. The summed E-state index contributed by atoms with van der Waals surface area (Å²) in [5, 5.41) is 3.28. The molecule has 2 aliphatic heterocycles. The number of hydrogen-bond acceptors (Lipinski definition) is 5. The lowest BCUT2D eigenvalue weighted by Crippen LogP contribution is -2.28. The molecular weight excluding hydrogens is 401 g/mol. The first-order chi connectivity index (χ1) is 13.4. The molecule has 2 heterocycles. The van der Waals surface area contributed by atoms with Crippen molar-refractivity contribution in [2.45, 2.75) is 34.5 Å². The van der Waals surface area contributed by atoms with Crippen LogP contribution in [0, 0.1) is 5.82 Å². The van der Waals surface area contributed by atoms with Crippen molar-refractivity contribution in [1.82, 2.24) is 5.32 Å². The van der Waals surface area contributed by atoms with Crippen molar-refractivity contribution in [2.24, 2.45) is 0 Å². The fourth-order valence-electron chi connectivity index (χ4n) is 4.11. The van der Waals surface area contributed by atoms with Gasteiger partial charge in [0.25, 0.3) is 0 Å². The highest BCUT2D eigenvalue weighted by Crippen LogP contribution is 2.55. The summed E-state index contributed by atoms with van der Waals surface area (Å²) < 4.78 is 18.5. The van der Waals surface area contributed by atoms with Gasteiger partial charge in [-0.25, -0.2) is 9.18 Å². The van der Waals surface area contributed by atoms with Crippen molar-refractivity contribution in [3.8, 4) is 0 Å². The van der Waals surface area contributed by atoms with Gasteiger partial charge in [-0.1, -0.05) is 29.8 Å². The van der Waals surface area contributed by atoms with Gasteiger partial charge in [0, 0.05) is 29.0 Å². The van der Waals surface area contributed by atoms with Crippen LogP contribution in [-0.4, -0.2) is 29.6 Å². The lowest BCUT2D eigenvalue weighted by molar-refractivity contribution is 0.00158. The molecule has 1 saturated carbocycles. The molecular formula is C21H17ClFNO3S. The Labute approximate surface area is 170 Å². The summed E-state index contributed by atoms with van der Waals surface area (Å²) in [6, 6.07) is 9.89. The van der Waals surface area contributed by atoms with Crippen molar-refractivity contribution in [3.63, 3.8) is 0 Å². The van der Waals surface area contributed by atoms with E-state index in [0.29, 0.717) is 36.9 Å². The van der Waals surface area contributed by atoms with Crippen molar-refractivity contribution >= 4 is 35.1 Å². The average molecular weight is 418 g/mol. The van der Waals surface area contributed by atoms with Gasteiger partial charge in [-0.15, -0.1) is 11.8 Å². The number of ether oxygens (including phenoxy) is 1. The zero-order valence-electron chi connectivity index (χ0n) is 14.9. The number of Topliss-reactive ketones (excluding diaryl/α,β-unsaturated/α-hetero) is 1. The normalized spacial score (nSPS) is 24.3. The molecule has 2 fully saturated rings. The first-order valence-corrected chi connectivity index (χ1v) is 10.4. The molecule has 1 aliphatic carbocycles. The predicted molar refractivity (Wildman–Crippen MR) is 105 cm³/mol. The number of carbonyl (C=O) groups excluding carboxylic acids is 2. The van der Waals surface area contributed by atoms with E-state index in [1.54, 1.807) is 12.1 Å². The summed E-state index contributed by atoms with van der Waals surface area (Å²) in [4.78, 5) is 26.9. The second kappa shape index (κ2) is 6.31. The molecule has 5 rings (SSSR count). The first-order valence-electron chi connectivity index (χ1n) is 9.21. The Morgan fingerprint density at radius 3 is 2.71 bits per heavy atom. The maximum absolute atomic E-state index is 13.4. The Bertz CT molecular complexity index is 1010. The summed E-state index contributed by atoms with van der Waals surface area (Å²) in [6.07, 6.45) is 2.12. The SMILES string of the molecule is O=C1OC2(CCNC2)c2cccc(C(=O)C3(Sc4ccc(F)c(Cl)c4)CC3)c21. The fourth-order valence-corrected chi connectivity index (χ4v) is 5.63. The lowest BCUT2D eigenvalue weighted by Gasteiger charge is -2.22. The third-order valence-electron chi connectivity index (χ3n) is 5.73. The summed E-state index contributed by atoms with van der Waals surface area (Å²) in [6.45, 7) is 1.34. The summed E-state index contributed by atoms with van der Waals surface area (Å²) in [7, 11) is 0. The predicted octanol–water partition coefficient (Wildman–Crippen LogP) is 4.35. The second-order valence-electron chi connectivity index (χ2n) is 7.54. The molecule has 2 aromatic rings. The third-order valence-corrected chi connectivity index (χ3v) is 7.49. The fraction of sp³-hybridized carbons (Fsp3) is 0.333. The molecule has 1 atom stereocenters. The lowest BCUT2D eigenvalue weighted by atomic mass is 9.88. The van der Waals surface area contributed by atoms with E-state index in [2.05, 4.69) is 5.32 Å². The van der Waals surface area contributed by atoms with Gasteiger partial charge in [-0.05, 0) is 37.6 Å². The summed E-state index contributed by atoms with van der Waals surface area (Å²) in [5.41, 5.74) is 0.973. The van der Waals surface area contributed by atoms with Crippen LogP contribution in [0.1, 0.15) is 45.5 Å². The van der Waals surface area contributed by atoms with E-state index in [1.807, 2.05) is 12.1 Å². The largest absolute Gasteiger partial charge is 0.449 e. The van der Waals surface area contributed by atoms with Crippen LogP contribution in [0.3, 0.4) is 0 Å². The molecule has 144 valence electrons. The Balaban J connectivity index is 1.50. The molecule has 0 bridgehead atoms. The Hall–Kier alpha value is -1.89. The van der Waals surface area contributed by atoms with Crippen molar-refractivity contribution in [2.75, 3.05) is 13.1 Å². The zero-order chi connectivity index (χ0) is 19.5. The van der Waals surface area contributed by atoms with Crippen molar-refractivity contribution < 1.29 is 18.7 Å². The van der Waals surface area contributed by atoms with E-state index in [4.69, 9.17) is 16.3 Å². The number of esters is 1. The van der Waals surface area contributed by atoms with Gasteiger partial charge in [-0.3, -0.25) is 4.79 Å². The number of rotatable bonds is 4. The number of thioether (sulfide) groups is 1. The average Bonchev–Trinajstić information content (AvgIpc) is 3.21. The van der Waals surface area contributed by atoms with Crippen LogP contribution in [0.25, 0.3) is 0 Å². The number of nitrogens with one attached hydrogen (secondary N) is 1. The number of carbonyl (C=O) groups is 2. The van der Waals surface area contributed by atoms with E-state index >= 15 is 0 Å². The van der Waals surface area contributed by atoms with Crippen LogP contribution < -0.4 is 5.32 Å². The maximum atomic E-state index is 13.4. The molecule has 0 amide bonds. The first kappa shape index (κ1) is 18.2. The number of benzene rings is 2. The van der Waals surface area contributed by atoms with Gasteiger partial charge in [0.1, 0.15) is 5.82 Å². The van der Waals surface area contributed by atoms with Crippen LogP contribution in [0.2, 0.25) is 5.02 Å². The van der Waals surface area contributed by atoms with Gasteiger partial charge in [0.15, 0.2) is 11.4 Å². The summed E-state index contributed by atoms with van der Waals surface area (Å²) >= 11 is 7.27. The molecule has 4 nitrogen and oxygen atoms in total. The van der Waals surface area contributed by atoms with Gasteiger partial charge in [0.2, 0.25) is 0 Å². The molecule has 2 aromatic carbocycles. The minimum Gasteiger partial charge on any atom is -0.449 e. The van der Waals surface area contributed by atoms with Crippen LogP contribution in [0.4, 0.5) is 4.39 Å². The smallest absolute Gasteiger partial charge is 0.340 e. The topological polar surface area (TPSA) is 55.4 Å². The minimum atomic E-state index is -0.656. The van der Waals surface area contributed by atoms with Crippen molar-refractivity contribution in [3.05, 3.63) is 63.9 Å². The number of ketones is 1. The van der Waals surface area contributed by atoms with E-state index in [-0.39, 0.29) is 10.8 Å². The maximum Gasteiger partial charge on any atom is 0.340 e. The molecule has 1 unspecified atom stereocenters. The summed E-state index contributed by atoms with van der Waals surface area (Å²) in [5.74, 6) is -0.982. The Morgan fingerprint density at radius 2 is 2.04 bits per heavy atom. The highest BCUT2D eigenvalue weighted by Gasteiger charge is 2.54. The van der Waals surface area contributed by atoms with Gasteiger partial charge < -0.3 is 10.1 Å². The molecule has 28 heavy (non-hydrogen) atoms. The molecule has 1 N–H and O–H groups in total. The van der Waals surface area contributed by atoms with Gasteiger partial charge in [-0.2, -0.15) is 0 Å². The van der Waals surface area contributed by atoms with Crippen LogP contribution in [-0.2, 0) is 10.3 Å². The van der Waals surface area contributed by atoms with E-state index < -0.39 is 22.1 Å². The van der Waals surface area contributed by atoms with Crippen LogP contribution in [0.5, 0.6) is 0 Å². The van der Waals surface area contributed by atoms with E-state index in [0.717, 1.165) is 17.0 Å². The Kier molecular flexibility index (Phi) is 4.09. The Morgan fingerprint density at radius 1 is 1.21 bits per heavy atom. The molecule has 7 heteroatoms. The number of hydrogen-bond donors (Lipinski definition) is 1. The second-order valence-corrected chi connectivity index (χ2v) is 9.40. The van der Waals surface area contributed by atoms with Crippen LogP contribution in [0.15, 0.2) is 41.3 Å². The molecule has 1 saturated heterocycles. The minimum absolute atomic E-state index is 0.0353. The molecule has 1 spiro atoms. The monoisotopic (exact) mass is 417 g/mol. The quantitative estimate of drug-likeness (QED) is 0.592. The van der Waals surface area contributed by atoms with Gasteiger partial charge >= 0.3 is 5.97 Å². The van der Waals surface area contributed by atoms with E-state index in [1.165, 1.54) is 23.9 Å². The standard InChI is InChI=1S/C21H17ClFNO3S/c22-15-10-12(4-5-16(15)23)28-21(6-7-21)18(25)13-2-1-3-14-17(13)19(26)27-20(14)8-9-24-11-20/h1-5,10,24H,6-9,11H2. The van der Waals surface area contributed by atoms with Gasteiger partial charge in [0.05, 0.1) is 15.3 Å². The highest BCUT2D eigenvalue weighted by molar-refractivity contribution is 8.01. The number of halogens is 2. The van der Waals surface area contributed by atoms with E-state index in [9.17, 15) is 14.0 Å². The van der Waals surface area contributed by atoms with Crippen molar-refractivity contribution in [1.29, 1.82) is 0 Å². The molecule has 0 radical (unpaired) electrons. The van der Waals surface area contributed by atoms with Crippen LogP contribution >= 0.6 is 23.4 Å². The third kappa shape index (κ3) is 2.70.